The Kier molecular flexibility index (Phi) is 4.75. The van der Waals surface area contributed by atoms with Gasteiger partial charge in [0.05, 0.1) is 10.4 Å². The van der Waals surface area contributed by atoms with Crippen LogP contribution in [0, 0.1) is 0 Å². The summed E-state index contributed by atoms with van der Waals surface area (Å²) in [4.78, 5) is 19.0. The van der Waals surface area contributed by atoms with Crippen LogP contribution in [0.2, 0.25) is 0 Å². The van der Waals surface area contributed by atoms with Crippen molar-refractivity contribution >= 4 is 39.3 Å². The summed E-state index contributed by atoms with van der Waals surface area (Å²) in [6.07, 6.45) is 2.18. The number of benzene rings is 1. The van der Waals surface area contributed by atoms with Crippen LogP contribution in [0.4, 0.5) is 5.69 Å². The first kappa shape index (κ1) is 22.4. The summed E-state index contributed by atoms with van der Waals surface area (Å²) in [5.41, 5.74) is 5.00. The molecule has 0 fully saturated rings. The Balaban J connectivity index is 1.40. The first-order valence-corrected chi connectivity index (χ1v) is 14.3. The molecule has 0 spiro atoms. The molecule has 6 heterocycles. The first-order valence-electron chi connectivity index (χ1n) is 12.6. The third kappa shape index (κ3) is 3.21. The summed E-state index contributed by atoms with van der Waals surface area (Å²) in [7, 11) is 0. The van der Waals surface area contributed by atoms with Gasteiger partial charge in [-0.1, -0.05) is 27.7 Å². The predicted octanol–water partition coefficient (Wildman–Crippen LogP) is 7.19. The second-order valence-electron chi connectivity index (χ2n) is 11.4. The predicted molar refractivity (Wildman–Crippen MR) is 148 cm³/mol. The van der Waals surface area contributed by atoms with E-state index in [9.17, 15) is 4.79 Å². The van der Waals surface area contributed by atoms with Crippen molar-refractivity contribution in [1.29, 1.82) is 0 Å². The molecule has 186 valence electrons. The standard InChI is InChI=1S/C29H29NO4S2/c1-28(2)7-9-30-10-8-29(3,4)22-23(30)18(28)14-16-13-17(27(31)34-24(16)22)20-5-6-21(36-20)26-25-19(15-35-26)32-11-12-33-25/h5-6,13-15H,7-12H2,1-4H3. The van der Waals surface area contributed by atoms with E-state index < -0.39 is 0 Å². The third-order valence-corrected chi connectivity index (χ3v) is 10.4. The summed E-state index contributed by atoms with van der Waals surface area (Å²) >= 11 is 3.21. The van der Waals surface area contributed by atoms with Crippen molar-refractivity contribution in [3.63, 3.8) is 0 Å². The fourth-order valence-electron chi connectivity index (χ4n) is 5.96. The van der Waals surface area contributed by atoms with Crippen molar-refractivity contribution in [1.82, 2.24) is 0 Å². The summed E-state index contributed by atoms with van der Waals surface area (Å²) in [5, 5.41) is 3.01. The van der Waals surface area contributed by atoms with E-state index in [4.69, 9.17) is 13.9 Å². The number of fused-ring (bicyclic) bond motifs is 3. The van der Waals surface area contributed by atoms with Crippen LogP contribution in [0.25, 0.3) is 31.2 Å². The van der Waals surface area contributed by atoms with Gasteiger partial charge in [0.25, 0.3) is 0 Å². The topological polar surface area (TPSA) is 51.9 Å². The Hall–Kier alpha value is -2.77. The molecular weight excluding hydrogens is 490 g/mol. The summed E-state index contributed by atoms with van der Waals surface area (Å²) in [5.74, 6) is 1.62. The Morgan fingerprint density at radius 1 is 0.944 bits per heavy atom. The quantitative estimate of drug-likeness (QED) is 0.262. The number of ether oxygens (including phenoxy) is 2. The Labute approximate surface area is 218 Å². The molecule has 0 aliphatic carbocycles. The third-order valence-electron chi connectivity index (χ3n) is 8.13. The lowest BCUT2D eigenvalue weighted by atomic mass is 9.69. The van der Waals surface area contributed by atoms with Gasteiger partial charge in [-0.15, -0.1) is 22.7 Å². The molecule has 0 saturated heterocycles. The Bertz CT molecular complexity index is 1590. The lowest BCUT2D eigenvalue weighted by Crippen LogP contribution is -2.44. The number of hydrogen-bond acceptors (Lipinski definition) is 7. The van der Waals surface area contributed by atoms with E-state index in [1.54, 1.807) is 22.7 Å². The van der Waals surface area contributed by atoms with E-state index in [1.165, 1.54) is 16.8 Å². The highest BCUT2D eigenvalue weighted by atomic mass is 32.1. The van der Waals surface area contributed by atoms with Crippen molar-refractivity contribution < 1.29 is 13.9 Å². The zero-order valence-corrected chi connectivity index (χ0v) is 22.7. The van der Waals surface area contributed by atoms with Crippen LogP contribution in [0.15, 0.2) is 38.9 Å². The highest BCUT2D eigenvalue weighted by Gasteiger charge is 2.42. The van der Waals surface area contributed by atoms with Crippen LogP contribution in [0.3, 0.4) is 0 Å². The van der Waals surface area contributed by atoms with E-state index in [2.05, 4.69) is 50.8 Å². The lowest BCUT2D eigenvalue weighted by molar-refractivity contribution is 0.174. The molecule has 4 aromatic rings. The van der Waals surface area contributed by atoms with Crippen LogP contribution < -0.4 is 20.0 Å². The van der Waals surface area contributed by atoms with E-state index in [0.717, 1.165) is 63.0 Å². The fraction of sp³-hybridized carbons (Fsp3) is 0.414. The van der Waals surface area contributed by atoms with Gasteiger partial charge in [0.2, 0.25) is 0 Å². The smallest absolute Gasteiger partial charge is 0.345 e. The molecule has 0 amide bonds. The summed E-state index contributed by atoms with van der Waals surface area (Å²) in [6, 6.07) is 8.42. The maximum atomic E-state index is 13.4. The van der Waals surface area contributed by atoms with Crippen molar-refractivity contribution in [3.8, 4) is 31.7 Å². The molecule has 0 saturated carbocycles. The molecule has 7 rings (SSSR count). The van der Waals surface area contributed by atoms with Gasteiger partial charge in [-0.25, -0.2) is 4.79 Å². The van der Waals surface area contributed by atoms with Gasteiger partial charge in [-0.05, 0) is 53.5 Å². The lowest BCUT2D eigenvalue weighted by Gasteiger charge is -2.48. The average molecular weight is 520 g/mol. The number of anilines is 1. The van der Waals surface area contributed by atoms with Crippen LogP contribution in [-0.4, -0.2) is 26.3 Å². The van der Waals surface area contributed by atoms with Crippen molar-refractivity contribution in [3.05, 3.63) is 51.2 Å². The van der Waals surface area contributed by atoms with Gasteiger partial charge in [-0.3, -0.25) is 0 Å². The average Bonchev–Trinajstić information content (AvgIpc) is 3.49. The highest BCUT2D eigenvalue weighted by Crippen LogP contribution is 2.52. The summed E-state index contributed by atoms with van der Waals surface area (Å²) in [6.45, 7) is 12.5. The summed E-state index contributed by atoms with van der Waals surface area (Å²) < 4.78 is 17.8. The van der Waals surface area contributed by atoms with Gasteiger partial charge in [0.15, 0.2) is 11.5 Å². The Morgan fingerprint density at radius 3 is 2.53 bits per heavy atom. The van der Waals surface area contributed by atoms with Gasteiger partial charge in [0.1, 0.15) is 18.8 Å². The second kappa shape index (κ2) is 7.62. The molecule has 1 aromatic carbocycles. The van der Waals surface area contributed by atoms with Crippen molar-refractivity contribution in [2.45, 2.75) is 51.4 Å². The number of hydrogen-bond donors (Lipinski definition) is 0. The molecule has 0 N–H and O–H groups in total. The molecular formula is C29H29NO4S2. The molecule has 0 atom stereocenters. The second-order valence-corrected chi connectivity index (χ2v) is 13.4. The minimum atomic E-state index is -0.275. The van der Waals surface area contributed by atoms with Gasteiger partial charge in [0, 0.05) is 44.9 Å². The fourth-order valence-corrected chi connectivity index (χ4v) is 8.03. The highest BCUT2D eigenvalue weighted by molar-refractivity contribution is 7.23. The maximum absolute atomic E-state index is 13.4. The Morgan fingerprint density at radius 2 is 1.69 bits per heavy atom. The largest absolute Gasteiger partial charge is 0.485 e. The van der Waals surface area contributed by atoms with Crippen molar-refractivity contribution in [2.24, 2.45) is 0 Å². The van der Waals surface area contributed by atoms with E-state index in [-0.39, 0.29) is 16.5 Å². The van der Waals surface area contributed by atoms with E-state index >= 15 is 0 Å². The minimum Gasteiger partial charge on any atom is -0.485 e. The molecule has 0 bridgehead atoms. The minimum absolute atomic E-state index is 0.0542. The molecule has 7 heteroatoms. The van der Waals surface area contributed by atoms with Crippen LogP contribution in [-0.2, 0) is 10.8 Å². The number of nitrogens with zero attached hydrogens (tertiary/aromatic N) is 1. The molecule has 0 radical (unpaired) electrons. The monoisotopic (exact) mass is 519 g/mol. The zero-order valence-electron chi connectivity index (χ0n) is 21.0. The molecule has 0 unspecified atom stereocenters. The molecule has 3 aliphatic heterocycles. The molecule has 3 aromatic heterocycles. The first-order chi connectivity index (χ1) is 17.2. The SMILES string of the molecule is CC1(C)CCN2CCC(C)(C)c3c2c1cc1cc(-c2ccc(-c4scc5c4OCCO5)s2)c(=O)oc31. The van der Waals surface area contributed by atoms with Crippen LogP contribution >= 0.6 is 22.7 Å². The van der Waals surface area contributed by atoms with E-state index in [0.29, 0.717) is 18.8 Å². The van der Waals surface area contributed by atoms with Crippen LogP contribution in [0.1, 0.15) is 51.7 Å². The molecule has 5 nitrogen and oxygen atoms in total. The zero-order chi connectivity index (χ0) is 24.8. The number of thiophene rings is 2. The van der Waals surface area contributed by atoms with E-state index in [1.807, 2.05) is 11.4 Å². The molecule has 3 aliphatic rings. The van der Waals surface area contributed by atoms with Gasteiger partial charge in [-0.2, -0.15) is 0 Å². The van der Waals surface area contributed by atoms with Crippen molar-refractivity contribution in [2.75, 3.05) is 31.2 Å². The number of rotatable bonds is 2. The van der Waals surface area contributed by atoms with Gasteiger partial charge >= 0.3 is 5.63 Å². The molecule has 36 heavy (non-hydrogen) atoms. The van der Waals surface area contributed by atoms with Gasteiger partial charge < -0.3 is 18.8 Å². The maximum Gasteiger partial charge on any atom is 0.345 e. The van der Waals surface area contributed by atoms with Crippen LogP contribution in [0.5, 0.6) is 11.5 Å². The normalized spacial score (nSPS) is 19.4.